The third-order valence-electron chi connectivity index (χ3n) is 9.08. The van der Waals surface area contributed by atoms with Crippen LogP contribution < -0.4 is 5.56 Å². The summed E-state index contributed by atoms with van der Waals surface area (Å²) in [6.07, 6.45) is 8.56. The van der Waals surface area contributed by atoms with Crippen molar-refractivity contribution in [3.8, 4) is 0 Å². The first-order chi connectivity index (χ1) is 20.8. The number of fused-ring (bicyclic) bond motifs is 1. The molecule has 0 unspecified atom stereocenters. The number of likely N-dealkylation sites (tertiary alicyclic amines) is 2. The fourth-order valence-corrected chi connectivity index (χ4v) is 7.14. The smallest absolute Gasteiger partial charge is 0.270 e. The van der Waals surface area contributed by atoms with Gasteiger partial charge in [-0.2, -0.15) is 0 Å². The van der Waals surface area contributed by atoms with Crippen molar-refractivity contribution in [2.24, 2.45) is 13.0 Å². The summed E-state index contributed by atoms with van der Waals surface area (Å²) in [6, 6.07) is 15.5. The maximum Gasteiger partial charge on any atom is 0.270 e. The molecule has 43 heavy (non-hydrogen) atoms. The van der Waals surface area contributed by atoms with E-state index in [-0.39, 0.29) is 35.8 Å². The predicted molar refractivity (Wildman–Crippen MR) is 167 cm³/mol. The number of rotatable bonds is 7. The molecule has 0 radical (unpaired) electrons. The highest BCUT2D eigenvalue weighted by atomic mass is 32.2. The zero-order chi connectivity index (χ0) is 30.1. The molecule has 2 aliphatic rings. The molecule has 2 atom stereocenters. The number of nitrogens with zero attached hydrogens (tertiary/aromatic N) is 6. The number of carbonyl (C=O) groups excluding carboxylic acids is 2. The van der Waals surface area contributed by atoms with Gasteiger partial charge in [-0.05, 0) is 49.3 Å². The Hall–Kier alpha value is -3.83. The zero-order valence-corrected chi connectivity index (χ0v) is 25.4. The molecule has 10 nitrogen and oxygen atoms in total. The minimum absolute atomic E-state index is 0.00709. The molecule has 0 aliphatic carbocycles. The lowest BCUT2D eigenvalue weighted by molar-refractivity contribution is -0.142. The first-order valence-corrected chi connectivity index (χ1v) is 16.2. The first-order valence-electron chi connectivity index (χ1n) is 14.8. The van der Waals surface area contributed by atoms with Gasteiger partial charge in [0.1, 0.15) is 17.7 Å². The molecule has 5 heterocycles. The fraction of sp³-hybridized carbons (Fsp3) is 0.438. The molecule has 4 aromatic rings. The van der Waals surface area contributed by atoms with Crippen molar-refractivity contribution in [1.82, 2.24) is 28.5 Å². The SMILES string of the molecule is CSCn1cccc1C(=O)N1CC[C@@H](C(=O)N2CCC(O)(Cn3cnc4c(ccn4C)c3=O)CC2)[C@H](c2ccccc2)C1. The lowest BCUT2D eigenvalue weighted by Crippen LogP contribution is -2.53. The highest BCUT2D eigenvalue weighted by Crippen LogP contribution is 2.36. The third-order valence-corrected chi connectivity index (χ3v) is 9.62. The van der Waals surface area contributed by atoms with Crippen molar-refractivity contribution >= 4 is 34.6 Å². The van der Waals surface area contributed by atoms with Gasteiger partial charge in [-0.25, -0.2) is 4.98 Å². The summed E-state index contributed by atoms with van der Waals surface area (Å²) in [5.74, 6) is 0.380. The average Bonchev–Trinajstić information content (AvgIpc) is 3.65. The number of amides is 2. The molecule has 1 N–H and O–H groups in total. The standard InChI is InChI=1S/C32H38N6O4S/c1-34-15-10-25-28(34)33-21-38(30(25)40)20-32(42)12-17-35(18-13-32)29(39)24-11-16-36(19-26(24)23-7-4-3-5-8-23)31(41)27-9-6-14-37(27)22-43-2/h3-10,14-15,21,24,26,42H,11-13,16-20,22H2,1-2H3/t24-,26+/m1/s1. The second kappa shape index (κ2) is 12.0. The number of aliphatic hydroxyl groups is 1. The Morgan fingerprint density at radius 3 is 2.51 bits per heavy atom. The summed E-state index contributed by atoms with van der Waals surface area (Å²) >= 11 is 1.66. The van der Waals surface area contributed by atoms with Crippen LogP contribution in [0.25, 0.3) is 11.0 Å². The van der Waals surface area contributed by atoms with E-state index >= 15 is 0 Å². The first kappa shape index (κ1) is 29.3. The number of hydrogen-bond donors (Lipinski definition) is 1. The summed E-state index contributed by atoms with van der Waals surface area (Å²) in [5, 5.41) is 12.0. The number of benzene rings is 1. The lowest BCUT2D eigenvalue weighted by Gasteiger charge is -2.43. The number of piperidine rings is 2. The summed E-state index contributed by atoms with van der Waals surface area (Å²) in [6.45, 7) is 1.94. The maximum atomic E-state index is 14.0. The van der Waals surface area contributed by atoms with Crippen molar-refractivity contribution in [2.75, 3.05) is 32.4 Å². The van der Waals surface area contributed by atoms with Crippen molar-refractivity contribution in [2.45, 2.75) is 43.2 Å². The Morgan fingerprint density at radius 2 is 1.77 bits per heavy atom. The van der Waals surface area contributed by atoms with Crippen LogP contribution in [0.2, 0.25) is 0 Å². The van der Waals surface area contributed by atoms with Gasteiger partial charge in [0.05, 0.1) is 23.4 Å². The van der Waals surface area contributed by atoms with Gasteiger partial charge in [-0.3, -0.25) is 19.0 Å². The van der Waals surface area contributed by atoms with E-state index in [1.807, 2.05) is 76.3 Å². The third kappa shape index (κ3) is 5.75. The molecule has 1 aromatic carbocycles. The lowest BCUT2D eigenvalue weighted by atomic mass is 9.79. The minimum Gasteiger partial charge on any atom is -0.388 e. The van der Waals surface area contributed by atoms with Crippen LogP contribution in [0.1, 0.15) is 41.2 Å². The van der Waals surface area contributed by atoms with Gasteiger partial charge in [0.15, 0.2) is 0 Å². The van der Waals surface area contributed by atoms with Crippen molar-refractivity contribution in [3.05, 3.63) is 88.9 Å². The Balaban J connectivity index is 1.15. The van der Waals surface area contributed by atoms with E-state index in [9.17, 15) is 19.5 Å². The molecule has 6 rings (SSSR count). The van der Waals surface area contributed by atoms with E-state index in [1.165, 1.54) is 10.9 Å². The predicted octanol–water partition coefficient (Wildman–Crippen LogP) is 3.16. The molecular formula is C32H38N6O4S. The Labute approximate surface area is 254 Å². The van der Waals surface area contributed by atoms with Gasteiger partial charge in [-0.1, -0.05) is 30.3 Å². The summed E-state index contributed by atoms with van der Waals surface area (Å²) in [5.41, 5.74) is 1.05. The highest BCUT2D eigenvalue weighted by molar-refractivity contribution is 7.97. The molecular weight excluding hydrogens is 564 g/mol. The van der Waals surface area contributed by atoms with Crippen LogP contribution in [-0.2, 0) is 24.3 Å². The molecule has 2 amide bonds. The molecule has 3 aromatic heterocycles. The largest absolute Gasteiger partial charge is 0.388 e. The van der Waals surface area contributed by atoms with Gasteiger partial charge in [0.2, 0.25) is 5.91 Å². The van der Waals surface area contributed by atoms with E-state index in [0.29, 0.717) is 68.0 Å². The second-order valence-corrected chi connectivity index (χ2v) is 12.7. The van der Waals surface area contributed by atoms with E-state index in [4.69, 9.17) is 0 Å². The zero-order valence-electron chi connectivity index (χ0n) is 24.6. The van der Waals surface area contributed by atoms with E-state index in [0.717, 1.165) is 5.56 Å². The number of aryl methyl sites for hydroxylation is 1. The van der Waals surface area contributed by atoms with Gasteiger partial charge in [0, 0.05) is 57.5 Å². The topological polar surface area (TPSA) is 106 Å². The monoisotopic (exact) mass is 602 g/mol. The maximum absolute atomic E-state index is 14.0. The summed E-state index contributed by atoms with van der Waals surface area (Å²) < 4.78 is 5.25. The van der Waals surface area contributed by atoms with Crippen LogP contribution in [-0.4, -0.2) is 83.4 Å². The van der Waals surface area contributed by atoms with Crippen LogP contribution in [0.15, 0.2) is 72.0 Å². The van der Waals surface area contributed by atoms with Crippen molar-refractivity contribution in [1.29, 1.82) is 0 Å². The van der Waals surface area contributed by atoms with Crippen molar-refractivity contribution in [3.63, 3.8) is 0 Å². The number of thioether (sulfide) groups is 1. The van der Waals surface area contributed by atoms with Crippen LogP contribution in [0.3, 0.4) is 0 Å². The quantitative estimate of drug-likeness (QED) is 0.349. The Morgan fingerprint density at radius 1 is 1.00 bits per heavy atom. The summed E-state index contributed by atoms with van der Waals surface area (Å²) in [7, 11) is 1.84. The molecule has 0 bridgehead atoms. The van der Waals surface area contributed by atoms with E-state index in [1.54, 1.807) is 28.6 Å². The average molecular weight is 603 g/mol. The molecule has 11 heteroatoms. The number of aromatic nitrogens is 4. The van der Waals surface area contributed by atoms with Crippen LogP contribution in [0.4, 0.5) is 0 Å². The molecule has 0 spiro atoms. The molecule has 226 valence electrons. The molecule has 0 saturated carbocycles. The van der Waals surface area contributed by atoms with Gasteiger partial charge >= 0.3 is 0 Å². The minimum atomic E-state index is -1.11. The molecule has 2 saturated heterocycles. The molecule has 2 fully saturated rings. The van der Waals surface area contributed by atoms with Crippen LogP contribution >= 0.6 is 11.8 Å². The Bertz CT molecular complexity index is 1670. The Kier molecular flexibility index (Phi) is 8.19. The van der Waals surface area contributed by atoms with Gasteiger partial charge in [0.25, 0.3) is 11.5 Å². The summed E-state index contributed by atoms with van der Waals surface area (Å²) in [4.78, 5) is 48.8. The normalized spacial score (nSPS) is 20.4. The van der Waals surface area contributed by atoms with Crippen molar-refractivity contribution < 1.29 is 14.7 Å². The fourth-order valence-electron chi connectivity index (χ4n) is 6.64. The highest BCUT2D eigenvalue weighted by Gasteiger charge is 2.42. The second-order valence-electron chi connectivity index (χ2n) is 11.8. The van der Waals surface area contributed by atoms with Gasteiger partial charge in [-0.15, -0.1) is 11.8 Å². The van der Waals surface area contributed by atoms with Crippen LogP contribution in [0, 0.1) is 5.92 Å². The van der Waals surface area contributed by atoms with Crippen LogP contribution in [0.5, 0.6) is 0 Å². The number of carbonyl (C=O) groups is 2. The number of hydrogen-bond acceptors (Lipinski definition) is 6. The molecule has 2 aliphatic heterocycles. The van der Waals surface area contributed by atoms with E-state index < -0.39 is 5.60 Å². The van der Waals surface area contributed by atoms with E-state index in [2.05, 4.69) is 4.98 Å². The van der Waals surface area contributed by atoms with Gasteiger partial charge < -0.3 is 24.0 Å².